The molecular formula is C58H34N4O. The van der Waals surface area contributed by atoms with Crippen LogP contribution in [-0.4, -0.2) is 15.0 Å². The zero-order valence-electron chi connectivity index (χ0n) is 33.8. The smallest absolute Gasteiger partial charge is 0.164 e. The maximum absolute atomic E-state index is 9.39. The number of rotatable bonds is 6. The van der Waals surface area contributed by atoms with Gasteiger partial charge in [-0.1, -0.05) is 170 Å². The molecular weight excluding hydrogens is 769 g/mol. The van der Waals surface area contributed by atoms with E-state index in [0.29, 0.717) is 23.0 Å². The zero-order valence-corrected chi connectivity index (χ0v) is 33.8. The SMILES string of the molecule is N#Cc1ccc(-c2ccc(-c3ccc4c5ccc(-c6cccc(-c7nc(-c8ccccc8)nc(-c8ccccc8)n7)c6)cc5c5oc6ccccc6c5c4c3)c3ccccc23)cc1. The van der Waals surface area contributed by atoms with E-state index < -0.39 is 0 Å². The molecule has 12 rings (SSSR count). The van der Waals surface area contributed by atoms with E-state index in [4.69, 9.17) is 19.4 Å². The Balaban J connectivity index is 1.01. The molecule has 0 spiro atoms. The lowest BCUT2D eigenvalue weighted by Gasteiger charge is -2.14. The first-order valence-electron chi connectivity index (χ1n) is 21.0. The van der Waals surface area contributed by atoms with E-state index in [9.17, 15) is 5.26 Å². The highest BCUT2D eigenvalue weighted by atomic mass is 16.3. The van der Waals surface area contributed by atoms with Crippen LogP contribution in [0.1, 0.15) is 5.56 Å². The second-order valence-corrected chi connectivity index (χ2v) is 15.8. The number of hydrogen-bond donors (Lipinski definition) is 0. The fourth-order valence-electron chi connectivity index (χ4n) is 9.10. The van der Waals surface area contributed by atoms with Crippen LogP contribution in [0.5, 0.6) is 0 Å². The number of hydrogen-bond acceptors (Lipinski definition) is 5. The van der Waals surface area contributed by atoms with Gasteiger partial charge in [-0.25, -0.2) is 15.0 Å². The Morgan fingerprint density at radius 3 is 1.49 bits per heavy atom. The molecule has 0 saturated heterocycles. The number of furan rings is 1. The lowest BCUT2D eigenvalue weighted by Crippen LogP contribution is -2.00. The second-order valence-electron chi connectivity index (χ2n) is 15.8. The topological polar surface area (TPSA) is 75.6 Å². The Bertz CT molecular complexity index is 3740. The molecule has 5 nitrogen and oxygen atoms in total. The van der Waals surface area contributed by atoms with Crippen molar-refractivity contribution in [3.8, 4) is 73.6 Å². The van der Waals surface area contributed by atoms with Crippen molar-refractivity contribution in [2.24, 2.45) is 0 Å². The Morgan fingerprint density at radius 2 is 0.825 bits per heavy atom. The van der Waals surface area contributed by atoms with Crippen LogP contribution in [0.3, 0.4) is 0 Å². The van der Waals surface area contributed by atoms with Crippen LogP contribution in [0.4, 0.5) is 0 Å². The first-order valence-corrected chi connectivity index (χ1v) is 21.0. The standard InChI is InChI=1S/C58H34N4O/c59-35-36-22-24-37(25-23-36)44-30-31-45(47-19-8-7-18-46(44)47)42-27-29-48-49-28-26-41(33-52(49)55-54(51(48)34-42)50-20-9-10-21-53(50)63-55)40-16-11-17-43(32-40)58-61-56(38-12-3-1-4-13-38)60-57(62-58)39-14-5-2-6-15-39/h1-34H. The van der Waals surface area contributed by atoms with Gasteiger partial charge in [-0.05, 0) is 96.7 Å². The fraction of sp³-hybridized carbons (Fsp3) is 0. The largest absolute Gasteiger partial charge is 0.455 e. The summed E-state index contributed by atoms with van der Waals surface area (Å²) in [6, 6.07) is 73.5. The van der Waals surface area contributed by atoms with E-state index >= 15 is 0 Å². The summed E-state index contributed by atoms with van der Waals surface area (Å²) < 4.78 is 6.82. The molecule has 12 aromatic rings. The fourth-order valence-corrected chi connectivity index (χ4v) is 9.10. The molecule has 63 heavy (non-hydrogen) atoms. The lowest BCUT2D eigenvalue weighted by atomic mass is 9.89. The van der Waals surface area contributed by atoms with Gasteiger partial charge in [0.2, 0.25) is 0 Å². The molecule has 0 aliphatic rings. The van der Waals surface area contributed by atoms with Gasteiger partial charge in [0.1, 0.15) is 11.2 Å². The van der Waals surface area contributed by atoms with E-state index in [0.717, 1.165) is 93.6 Å². The lowest BCUT2D eigenvalue weighted by molar-refractivity contribution is 0.673. The van der Waals surface area contributed by atoms with Crippen molar-refractivity contribution < 1.29 is 4.42 Å². The molecule has 2 heterocycles. The molecule has 292 valence electrons. The summed E-state index contributed by atoms with van der Waals surface area (Å²) in [5.74, 6) is 1.88. The number of para-hydroxylation sites is 1. The average molecular weight is 803 g/mol. The number of fused-ring (bicyclic) bond motifs is 9. The predicted molar refractivity (Wildman–Crippen MR) is 257 cm³/mol. The number of aromatic nitrogens is 3. The molecule has 0 aliphatic heterocycles. The van der Waals surface area contributed by atoms with Gasteiger partial charge in [-0.3, -0.25) is 0 Å². The van der Waals surface area contributed by atoms with Crippen molar-refractivity contribution in [2.45, 2.75) is 0 Å². The predicted octanol–water partition coefficient (Wildman–Crippen LogP) is 15.1. The van der Waals surface area contributed by atoms with E-state index in [1.54, 1.807) is 0 Å². The van der Waals surface area contributed by atoms with Crippen LogP contribution in [0.2, 0.25) is 0 Å². The van der Waals surface area contributed by atoms with Crippen molar-refractivity contribution in [1.29, 1.82) is 5.26 Å². The zero-order chi connectivity index (χ0) is 41.9. The minimum absolute atomic E-state index is 0.614. The van der Waals surface area contributed by atoms with Crippen molar-refractivity contribution in [3.05, 3.63) is 212 Å². The summed E-state index contributed by atoms with van der Waals surface area (Å²) in [5, 5.41) is 18.4. The minimum Gasteiger partial charge on any atom is -0.455 e. The summed E-state index contributed by atoms with van der Waals surface area (Å²) in [6.07, 6.45) is 0. The van der Waals surface area contributed by atoms with E-state index in [1.807, 2.05) is 91.0 Å². The Kier molecular flexibility index (Phi) is 8.48. The van der Waals surface area contributed by atoms with Gasteiger partial charge in [0.25, 0.3) is 0 Å². The van der Waals surface area contributed by atoms with Crippen molar-refractivity contribution in [2.75, 3.05) is 0 Å². The van der Waals surface area contributed by atoms with Gasteiger partial charge in [0.15, 0.2) is 17.5 Å². The van der Waals surface area contributed by atoms with Crippen LogP contribution in [0.25, 0.3) is 122 Å². The Morgan fingerprint density at radius 1 is 0.333 bits per heavy atom. The van der Waals surface area contributed by atoms with Crippen molar-refractivity contribution in [1.82, 2.24) is 15.0 Å². The van der Waals surface area contributed by atoms with Crippen LogP contribution in [0, 0.1) is 11.3 Å². The van der Waals surface area contributed by atoms with E-state index in [1.165, 1.54) is 10.8 Å². The molecule has 0 amide bonds. The van der Waals surface area contributed by atoms with Crippen molar-refractivity contribution in [3.63, 3.8) is 0 Å². The highest BCUT2D eigenvalue weighted by Crippen LogP contribution is 2.44. The van der Waals surface area contributed by atoms with Gasteiger partial charge in [-0.15, -0.1) is 0 Å². The first kappa shape index (κ1) is 36.2. The van der Waals surface area contributed by atoms with Gasteiger partial charge < -0.3 is 4.42 Å². The molecule has 5 heteroatoms. The monoisotopic (exact) mass is 802 g/mol. The van der Waals surface area contributed by atoms with Crippen LogP contribution in [-0.2, 0) is 0 Å². The molecule has 0 aliphatic carbocycles. The number of benzene rings is 10. The quantitative estimate of drug-likeness (QED) is 0.157. The van der Waals surface area contributed by atoms with E-state index in [-0.39, 0.29) is 0 Å². The number of nitriles is 1. The molecule has 10 aromatic carbocycles. The second kappa shape index (κ2) is 14.8. The molecule has 0 radical (unpaired) electrons. The van der Waals surface area contributed by atoms with Gasteiger partial charge in [0.05, 0.1) is 11.6 Å². The highest BCUT2D eigenvalue weighted by Gasteiger charge is 2.19. The maximum Gasteiger partial charge on any atom is 0.164 e. The van der Waals surface area contributed by atoms with Gasteiger partial charge in [-0.2, -0.15) is 5.26 Å². The Hall–Kier alpha value is -8.72. The van der Waals surface area contributed by atoms with Crippen molar-refractivity contribution >= 4 is 54.3 Å². The molecule has 0 saturated carbocycles. The minimum atomic E-state index is 0.614. The summed E-state index contributed by atoms with van der Waals surface area (Å²) in [6.45, 7) is 0. The van der Waals surface area contributed by atoms with E-state index in [2.05, 4.69) is 121 Å². The molecule has 0 atom stereocenters. The first-order chi connectivity index (χ1) is 31.2. The maximum atomic E-state index is 9.39. The van der Waals surface area contributed by atoms with Gasteiger partial charge >= 0.3 is 0 Å². The third-order valence-electron chi connectivity index (χ3n) is 12.2. The summed E-state index contributed by atoms with van der Waals surface area (Å²) in [7, 11) is 0. The third kappa shape index (κ3) is 6.20. The van der Waals surface area contributed by atoms with Gasteiger partial charge in [0, 0.05) is 32.8 Å². The van der Waals surface area contributed by atoms with Crippen LogP contribution in [0.15, 0.2) is 211 Å². The molecule has 2 aromatic heterocycles. The third-order valence-corrected chi connectivity index (χ3v) is 12.2. The average Bonchev–Trinajstić information content (AvgIpc) is 3.77. The molecule has 0 fully saturated rings. The molecule has 0 N–H and O–H groups in total. The summed E-state index contributed by atoms with van der Waals surface area (Å²) in [4.78, 5) is 14.9. The summed E-state index contributed by atoms with van der Waals surface area (Å²) >= 11 is 0. The highest BCUT2D eigenvalue weighted by molar-refractivity contribution is 6.31. The van der Waals surface area contributed by atoms with Crippen LogP contribution < -0.4 is 0 Å². The molecule has 0 unspecified atom stereocenters. The Labute approximate surface area is 362 Å². The van der Waals surface area contributed by atoms with Crippen LogP contribution >= 0.6 is 0 Å². The normalized spacial score (nSPS) is 11.5. The number of nitrogens with zero attached hydrogens (tertiary/aromatic N) is 4. The summed E-state index contributed by atoms with van der Waals surface area (Å²) in [5.41, 5.74) is 11.8. The molecule has 0 bridgehead atoms.